The third kappa shape index (κ3) is 3.70. The maximum absolute atomic E-state index is 12.2. The molecule has 6 heteroatoms. The number of amides is 1. The fourth-order valence-electron chi connectivity index (χ4n) is 3.83. The number of hydrogen-bond donors (Lipinski definition) is 0. The van der Waals surface area contributed by atoms with Gasteiger partial charge in [0, 0.05) is 43.4 Å². The molecule has 0 saturated carbocycles. The molecule has 4 rings (SSSR count). The van der Waals surface area contributed by atoms with Crippen LogP contribution in [0.4, 0.5) is 11.4 Å². The molecule has 0 aromatic heterocycles. The van der Waals surface area contributed by atoms with Crippen molar-refractivity contribution in [1.29, 1.82) is 0 Å². The molecule has 27 heavy (non-hydrogen) atoms. The third-order valence-electron chi connectivity index (χ3n) is 5.28. The summed E-state index contributed by atoms with van der Waals surface area (Å²) < 4.78 is 0. The second-order valence-corrected chi connectivity index (χ2v) is 7.40. The summed E-state index contributed by atoms with van der Waals surface area (Å²) in [6.07, 6.45) is 0.852. The first-order valence-corrected chi connectivity index (χ1v) is 9.69. The van der Waals surface area contributed by atoms with E-state index in [-0.39, 0.29) is 5.78 Å². The highest BCUT2D eigenvalue weighted by Gasteiger charge is 2.34. The Balaban J connectivity index is 1.28. The molecular formula is C21H22ClN3O2. The summed E-state index contributed by atoms with van der Waals surface area (Å²) in [5, 5.41) is 0.764. The minimum atomic E-state index is -0.401. The zero-order chi connectivity index (χ0) is 18.8. The van der Waals surface area contributed by atoms with Gasteiger partial charge in [0.1, 0.15) is 0 Å². The van der Waals surface area contributed by atoms with Crippen LogP contribution in [0.3, 0.4) is 0 Å². The van der Waals surface area contributed by atoms with E-state index < -0.39 is 5.91 Å². The lowest BCUT2D eigenvalue weighted by molar-refractivity contribution is -0.114. The molecule has 140 valence electrons. The van der Waals surface area contributed by atoms with Gasteiger partial charge in [0.15, 0.2) is 0 Å². The number of piperazine rings is 1. The van der Waals surface area contributed by atoms with Crippen molar-refractivity contribution in [2.45, 2.75) is 6.42 Å². The van der Waals surface area contributed by atoms with Crippen molar-refractivity contribution in [3.63, 3.8) is 0 Å². The van der Waals surface area contributed by atoms with Crippen molar-refractivity contribution < 1.29 is 9.59 Å². The van der Waals surface area contributed by atoms with E-state index >= 15 is 0 Å². The molecule has 2 aromatic rings. The normalized spacial score (nSPS) is 17.5. The molecule has 2 aromatic carbocycles. The maximum Gasteiger partial charge on any atom is 0.299 e. The Hall–Kier alpha value is -2.37. The lowest BCUT2D eigenvalue weighted by atomic mass is 10.1. The average Bonchev–Trinajstić information content (AvgIpc) is 2.94. The van der Waals surface area contributed by atoms with Crippen molar-refractivity contribution in [2.75, 3.05) is 49.1 Å². The van der Waals surface area contributed by atoms with Crippen LogP contribution < -0.4 is 9.80 Å². The molecule has 2 aliphatic heterocycles. The fraction of sp³-hybridized carbons (Fsp3) is 0.333. The Kier molecular flexibility index (Phi) is 5.14. The molecule has 1 fully saturated rings. The van der Waals surface area contributed by atoms with Crippen LogP contribution in [0.25, 0.3) is 0 Å². The van der Waals surface area contributed by atoms with Crippen LogP contribution in [0.1, 0.15) is 16.8 Å². The molecular weight excluding hydrogens is 362 g/mol. The number of halogens is 1. The number of hydrogen-bond acceptors (Lipinski definition) is 4. The fourth-order valence-corrected chi connectivity index (χ4v) is 4.01. The minimum absolute atomic E-state index is 0.388. The molecule has 0 unspecified atom stereocenters. The van der Waals surface area contributed by atoms with Crippen LogP contribution in [0.2, 0.25) is 5.02 Å². The second-order valence-electron chi connectivity index (χ2n) is 6.97. The van der Waals surface area contributed by atoms with E-state index in [9.17, 15) is 9.59 Å². The molecule has 1 amide bonds. The zero-order valence-electron chi connectivity index (χ0n) is 15.1. The van der Waals surface area contributed by atoms with Gasteiger partial charge in [0.05, 0.1) is 11.3 Å². The van der Waals surface area contributed by atoms with Crippen molar-refractivity contribution in [3.8, 4) is 0 Å². The number of benzene rings is 2. The monoisotopic (exact) mass is 383 g/mol. The van der Waals surface area contributed by atoms with Gasteiger partial charge in [0.25, 0.3) is 11.7 Å². The van der Waals surface area contributed by atoms with Crippen LogP contribution in [0.15, 0.2) is 48.5 Å². The summed E-state index contributed by atoms with van der Waals surface area (Å²) in [6, 6.07) is 15.2. The molecule has 0 atom stereocenters. The largest absolute Gasteiger partial charge is 0.369 e. The number of para-hydroxylation sites is 1. The first-order valence-electron chi connectivity index (χ1n) is 9.31. The number of Topliss-reactive ketones (excluding diaryl/α,β-unsaturated/α-hetero) is 1. The lowest BCUT2D eigenvalue weighted by Gasteiger charge is -2.36. The van der Waals surface area contributed by atoms with Crippen LogP contribution in [0.5, 0.6) is 0 Å². The van der Waals surface area contributed by atoms with E-state index in [1.54, 1.807) is 17.0 Å². The van der Waals surface area contributed by atoms with E-state index in [0.29, 0.717) is 12.1 Å². The van der Waals surface area contributed by atoms with E-state index in [1.165, 1.54) is 5.69 Å². The van der Waals surface area contributed by atoms with Gasteiger partial charge in [-0.25, -0.2) is 0 Å². The smallest absolute Gasteiger partial charge is 0.299 e. The van der Waals surface area contributed by atoms with Gasteiger partial charge in [-0.05, 0) is 43.3 Å². The predicted octanol–water partition coefficient (Wildman–Crippen LogP) is 3.08. The SMILES string of the molecule is O=C1C(=O)N(CCCN2CCN(c3cccc(Cl)c3)CC2)c2ccccc21. The summed E-state index contributed by atoms with van der Waals surface area (Å²) in [5.41, 5.74) is 2.44. The Bertz CT molecular complexity index is 862. The predicted molar refractivity (Wildman–Crippen MR) is 108 cm³/mol. The number of fused-ring (bicyclic) bond motifs is 1. The van der Waals surface area contributed by atoms with Crippen LogP contribution in [-0.4, -0.2) is 55.9 Å². The molecule has 2 aliphatic rings. The summed E-state index contributed by atoms with van der Waals surface area (Å²) in [6.45, 7) is 5.39. The minimum Gasteiger partial charge on any atom is -0.369 e. The summed E-state index contributed by atoms with van der Waals surface area (Å²) in [7, 11) is 0. The highest BCUT2D eigenvalue weighted by atomic mass is 35.5. The number of carbonyl (C=O) groups excluding carboxylic acids is 2. The molecule has 0 N–H and O–H groups in total. The maximum atomic E-state index is 12.2. The number of rotatable bonds is 5. The quantitative estimate of drug-likeness (QED) is 0.744. The summed E-state index contributed by atoms with van der Waals surface area (Å²) in [4.78, 5) is 30.7. The first kappa shape index (κ1) is 18.0. The number of carbonyl (C=O) groups is 2. The van der Waals surface area contributed by atoms with Crippen LogP contribution in [-0.2, 0) is 4.79 Å². The highest BCUT2D eigenvalue weighted by molar-refractivity contribution is 6.52. The van der Waals surface area contributed by atoms with Gasteiger partial charge < -0.3 is 9.80 Å². The number of anilines is 2. The van der Waals surface area contributed by atoms with Gasteiger partial charge in [0.2, 0.25) is 0 Å². The molecule has 1 saturated heterocycles. The van der Waals surface area contributed by atoms with Gasteiger partial charge in [-0.15, -0.1) is 0 Å². The van der Waals surface area contributed by atoms with E-state index in [1.807, 2.05) is 30.3 Å². The van der Waals surface area contributed by atoms with Gasteiger partial charge >= 0.3 is 0 Å². The Labute approximate surface area is 164 Å². The van der Waals surface area contributed by atoms with Gasteiger partial charge in [-0.1, -0.05) is 29.8 Å². The summed E-state index contributed by atoms with van der Waals surface area (Å²) in [5.74, 6) is -0.789. The zero-order valence-corrected chi connectivity index (χ0v) is 15.9. The van der Waals surface area contributed by atoms with Crippen LogP contribution >= 0.6 is 11.6 Å². The highest BCUT2D eigenvalue weighted by Crippen LogP contribution is 2.28. The second kappa shape index (κ2) is 7.71. The summed E-state index contributed by atoms with van der Waals surface area (Å²) >= 11 is 6.09. The Morgan fingerprint density at radius 1 is 0.889 bits per heavy atom. The Morgan fingerprint density at radius 2 is 1.67 bits per heavy atom. The first-order chi connectivity index (χ1) is 13.1. The van der Waals surface area contributed by atoms with E-state index in [0.717, 1.165) is 49.9 Å². The van der Waals surface area contributed by atoms with E-state index in [4.69, 9.17) is 11.6 Å². The van der Waals surface area contributed by atoms with Crippen molar-refractivity contribution in [1.82, 2.24) is 4.90 Å². The third-order valence-corrected chi connectivity index (χ3v) is 5.52. The van der Waals surface area contributed by atoms with Gasteiger partial charge in [-0.2, -0.15) is 0 Å². The lowest BCUT2D eigenvalue weighted by Crippen LogP contribution is -2.47. The van der Waals surface area contributed by atoms with E-state index in [2.05, 4.69) is 15.9 Å². The molecule has 0 spiro atoms. The molecule has 5 nitrogen and oxygen atoms in total. The topological polar surface area (TPSA) is 43.9 Å². The number of ketones is 1. The number of nitrogens with zero attached hydrogens (tertiary/aromatic N) is 3. The average molecular weight is 384 g/mol. The molecule has 0 aliphatic carbocycles. The Morgan fingerprint density at radius 3 is 2.44 bits per heavy atom. The molecule has 0 radical (unpaired) electrons. The van der Waals surface area contributed by atoms with Crippen molar-refractivity contribution in [3.05, 3.63) is 59.1 Å². The van der Waals surface area contributed by atoms with Crippen LogP contribution in [0, 0.1) is 0 Å². The molecule has 2 heterocycles. The van der Waals surface area contributed by atoms with Crippen molar-refractivity contribution >= 4 is 34.7 Å². The standard InChI is InChI=1S/C21H22ClN3O2/c22-16-5-3-6-17(15-16)24-13-11-23(12-14-24)9-4-10-25-19-8-2-1-7-18(19)20(26)21(25)27/h1-3,5-8,15H,4,9-14H2. The molecule has 0 bridgehead atoms. The van der Waals surface area contributed by atoms with Crippen molar-refractivity contribution in [2.24, 2.45) is 0 Å². The van der Waals surface area contributed by atoms with Gasteiger partial charge in [-0.3, -0.25) is 14.5 Å².